The van der Waals surface area contributed by atoms with Gasteiger partial charge in [0.15, 0.2) is 0 Å². The summed E-state index contributed by atoms with van der Waals surface area (Å²) in [5.74, 6) is 0.413. The Hall–Kier alpha value is -1.73. The van der Waals surface area contributed by atoms with Gasteiger partial charge in [-0.25, -0.2) is 8.42 Å². The molecule has 0 aliphatic carbocycles. The summed E-state index contributed by atoms with van der Waals surface area (Å²) in [6, 6.07) is 9.02. The smallest absolute Gasteiger partial charge is 0.265 e. The molecular formula is C18H16Cl3NO4S. The first kappa shape index (κ1) is 21.6. The van der Waals surface area contributed by atoms with Crippen molar-refractivity contribution in [1.82, 2.24) is 0 Å². The molecule has 2 aromatic carbocycles. The maximum Gasteiger partial charge on any atom is 0.265 e. The Balaban J connectivity index is 2.59. The van der Waals surface area contributed by atoms with E-state index in [1.54, 1.807) is 18.2 Å². The van der Waals surface area contributed by atoms with Crippen LogP contribution in [-0.4, -0.2) is 26.3 Å². The average molecular weight is 449 g/mol. The highest BCUT2D eigenvalue weighted by Gasteiger charge is 2.33. The van der Waals surface area contributed by atoms with Gasteiger partial charge in [0.05, 0.1) is 20.6 Å². The molecule has 0 radical (unpaired) electrons. The number of benzene rings is 2. The minimum absolute atomic E-state index is 0.0746. The highest BCUT2D eigenvalue weighted by atomic mass is 35.5. The van der Waals surface area contributed by atoms with Crippen LogP contribution < -0.4 is 9.04 Å². The molecule has 2 rings (SSSR count). The van der Waals surface area contributed by atoms with Crippen molar-refractivity contribution in [2.45, 2.75) is 17.9 Å². The zero-order valence-electron chi connectivity index (χ0n) is 14.2. The third kappa shape index (κ3) is 4.96. The van der Waals surface area contributed by atoms with Gasteiger partial charge in [0.25, 0.3) is 10.0 Å². The van der Waals surface area contributed by atoms with Gasteiger partial charge in [0.1, 0.15) is 18.4 Å². The fourth-order valence-corrected chi connectivity index (χ4v) is 4.43. The second-order valence-corrected chi connectivity index (χ2v) is 8.46. The third-order valence-corrected chi connectivity index (χ3v) is 6.52. The van der Waals surface area contributed by atoms with Crippen molar-refractivity contribution in [3.63, 3.8) is 0 Å². The molecule has 5 nitrogen and oxygen atoms in total. The van der Waals surface area contributed by atoms with Crippen molar-refractivity contribution >= 4 is 55.8 Å². The zero-order valence-corrected chi connectivity index (χ0v) is 17.3. The van der Waals surface area contributed by atoms with E-state index in [9.17, 15) is 13.2 Å². The maximum atomic E-state index is 13.2. The first-order chi connectivity index (χ1) is 12.7. The molecule has 0 fully saturated rings. The van der Waals surface area contributed by atoms with Gasteiger partial charge in [-0.2, -0.15) is 0 Å². The Labute approximate surface area is 173 Å². The van der Waals surface area contributed by atoms with Gasteiger partial charge in [-0.05, 0) is 48.9 Å². The summed E-state index contributed by atoms with van der Waals surface area (Å²) >= 11 is 17.4. The number of hydrogen-bond acceptors (Lipinski definition) is 4. The Morgan fingerprint density at radius 1 is 1.22 bits per heavy atom. The lowest BCUT2D eigenvalue weighted by molar-refractivity contribution is -0.112. The molecule has 1 atom stereocenters. The molecule has 0 aliphatic rings. The van der Waals surface area contributed by atoms with E-state index in [1.807, 2.05) is 0 Å². The SMILES string of the molecule is C=CCOc1cccc(N(C(C)C(=O)Cl)S(=O)(=O)c2ccc(Cl)c(Cl)c2)c1. The molecule has 2 aromatic rings. The summed E-state index contributed by atoms with van der Waals surface area (Å²) in [6.45, 7) is 5.20. The van der Waals surface area contributed by atoms with Crippen LogP contribution in [0, 0.1) is 0 Å². The lowest BCUT2D eigenvalue weighted by Gasteiger charge is -2.28. The van der Waals surface area contributed by atoms with Crippen molar-refractivity contribution in [3.05, 3.63) is 65.2 Å². The van der Waals surface area contributed by atoms with Crippen molar-refractivity contribution < 1.29 is 17.9 Å². The predicted molar refractivity (Wildman–Crippen MR) is 109 cm³/mol. The summed E-state index contributed by atoms with van der Waals surface area (Å²) in [6.07, 6.45) is 1.56. The van der Waals surface area contributed by atoms with Crippen molar-refractivity contribution in [1.29, 1.82) is 0 Å². The third-order valence-electron chi connectivity index (χ3n) is 3.57. The molecule has 0 heterocycles. The van der Waals surface area contributed by atoms with Crippen LogP contribution in [0.15, 0.2) is 60.0 Å². The summed E-state index contributed by atoms with van der Waals surface area (Å²) in [5, 5.41) is -0.551. The molecule has 144 valence electrons. The van der Waals surface area contributed by atoms with Crippen LogP contribution in [0.4, 0.5) is 5.69 Å². The lowest BCUT2D eigenvalue weighted by Crippen LogP contribution is -2.42. The van der Waals surface area contributed by atoms with E-state index >= 15 is 0 Å². The van der Waals surface area contributed by atoms with Gasteiger partial charge in [-0.15, -0.1) is 0 Å². The molecule has 0 saturated carbocycles. The number of anilines is 1. The summed E-state index contributed by atoms with van der Waals surface area (Å²) in [5.41, 5.74) is 0.212. The van der Waals surface area contributed by atoms with Gasteiger partial charge in [-0.1, -0.05) is 41.9 Å². The van der Waals surface area contributed by atoms with E-state index in [1.165, 1.54) is 37.3 Å². The molecule has 1 unspecified atom stereocenters. The quantitative estimate of drug-likeness (QED) is 0.425. The number of sulfonamides is 1. The predicted octanol–water partition coefficient (Wildman–Crippen LogP) is 4.91. The summed E-state index contributed by atoms with van der Waals surface area (Å²) < 4.78 is 32.8. The highest BCUT2D eigenvalue weighted by molar-refractivity contribution is 7.93. The monoisotopic (exact) mass is 447 g/mol. The second kappa shape index (κ2) is 8.97. The number of hydrogen-bond donors (Lipinski definition) is 0. The molecule has 9 heteroatoms. The first-order valence-corrected chi connectivity index (χ1v) is 10.3. The molecule has 0 aromatic heterocycles. The Bertz CT molecular complexity index is 963. The van der Waals surface area contributed by atoms with Crippen LogP contribution in [0.1, 0.15) is 6.92 Å². The number of halogens is 3. The number of rotatable bonds is 8. The van der Waals surface area contributed by atoms with Crippen molar-refractivity contribution in [3.8, 4) is 5.75 Å². The van der Waals surface area contributed by atoms with E-state index in [0.717, 1.165) is 4.31 Å². The topological polar surface area (TPSA) is 63.7 Å². The lowest BCUT2D eigenvalue weighted by atomic mass is 10.2. The van der Waals surface area contributed by atoms with Crippen molar-refractivity contribution in [2.75, 3.05) is 10.9 Å². The minimum atomic E-state index is -4.17. The molecule has 0 N–H and O–H groups in total. The van der Waals surface area contributed by atoms with Gasteiger partial charge in [-0.3, -0.25) is 9.10 Å². The molecule has 27 heavy (non-hydrogen) atoms. The molecule has 0 bridgehead atoms. The van der Waals surface area contributed by atoms with Crippen LogP contribution in [0.2, 0.25) is 10.0 Å². The van der Waals surface area contributed by atoms with Gasteiger partial charge in [0, 0.05) is 6.07 Å². The number of carbonyl (C=O) groups excluding carboxylic acids is 1. The molecular weight excluding hydrogens is 433 g/mol. The standard InChI is InChI=1S/C18H16Cl3NO4S/c1-3-9-26-14-6-4-5-13(10-14)22(12(2)18(21)23)27(24,25)15-7-8-16(19)17(20)11-15/h3-8,10-12H,1,9H2,2H3. The highest BCUT2D eigenvalue weighted by Crippen LogP contribution is 2.32. The molecule has 0 amide bonds. The van der Waals surface area contributed by atoms with Crippen LogP contribution in [0.3, 0.4) is 0 Å². The Kier molecular flexibility index (Phi) is 7.17. The van der Waals surface area contributed by atoms with Crippen LogP contribution in [-0.2, 0) is 14.8 Å². The van der Waals surface area contributed by atoms with E-state index in [2.05, 4.69) is 6.58 Å². The zero-order chi connectivity index (χ0) is 20.2. The fourth-order valence-electron chi connectivity index (χ4n) is 2.28. The fraction of sp³-hybridized carbons (Fsp3) is 0.167. The van der Waals surface area contributed by atoms with E-state index < -0.39 is 21.3 Å². The van der Waals surface area contributed by atoms with Crippen LogP contribution >= 0.6 is 34.8 Å². The second-order valence-electron chi connectivity index (χ2n) is 5.45. The maximum absolute atomic E-state index is 13.2. The number of ether oxygens (including phenoxy) is 1. The van der Waals surface area contributed by atoms with Gasteiger partial charge in [0.2, 0.25) is 5.24 Å². The normalized spacial score (nSPS) is 12.3. The summed E-state index contributed by atoms with van der Waals surface area (Å²) in [4.78, 5) is 11.7. The largest absolute Gasteiger partial charge is 0.489 e. The molecule has 0 saturated heterocycles. The molecule has 0 aliphatic heterocycles. The first-order valence-electron chi connectivity index (χ1n) is 7.71. The Morgan fingerprint density at radius 2 is 1.93 bits per heavy atom. The minimum Gasteiger partial charge on any atom is -0.489 e. The number of carbonyl (C=O) groups is 1. The van der Waals surface area contributed by atoms with Crippen LogP contribution in [0.5, 0.6) is 5.75 Å². The van der Waals surface area contributed by atoms with Gasteiger partial charge < -0.3 is 4.74 Å². The molecule has 0 spiro atoms. The van der Waals surface area contributed by atoms with Crippen LogP contribution in [0.25, 0.3) is 0 Å². The number of nitrogens with zero attached hydrogens (tertiary/aromatic N) is 1. The Morgan fingerprint density at radius 3 is 2.52 bits per heavy atom. The van der Waals surface area contributed by atoms with E-state index in [0.29, 0.717) is 5.75 Å². The van der Waals surface area contributed by atoms with Crippen molar-refractivity contribution in [2.24, 2.45) is 0 Å². The van der Waals surface area contributed by atoms with E-state index in [4.69, 9.17) is 39.5 Å². The summed E-state index contributed by atoms with van der Waals surface area (Å²) in [7, 11) is -4.17. The average Bonchev–Trinajstić information content (AvgIpc) is 2.62. The van der Waals surface area contributed by atoms with E-state index in [-0.39, 0.29) is 27.2 Å². The van der Waals surface area contributed by atoms with Gasteiger partial charge >= 0.3 is 0 Å².